The van der Waals surface area contributed by atoms with Crippen LogP contribution in [0.2, 0.25) is 0 Å². The topological polar surface area (TPSA) is 105 Å². The maximum Gasteiger partial charge on any atom is 0.341 e. The van der Waals surface area contributed by atoms with Gasteiger partial charge in [-0.05, 0) is 31.5 Å². The van der Waals surface area contributed by atoms with Gasteiger partial charge in [0, 0.05) is 6.54 Å². The maximum atomic E-state index is 10.7. The SMILES string of the molecule is CCOc1cc(CN[C@H](C)C(=O)O)ccc1OCC(=O)O. The molecule has 0 aliphatic rings. The summed E-state index contributed by atoms with van der Waals surface area (Å²) in [5, 5.41) is 20.3. The van der Waals surface area contributed by atoms with Gasteiger partial charge in [0.25, 0.3) is 0 Å². The van der Waals surface area contributed by atoms with Crippen LogP contribution in [-0.2, 0) is 16.1 Å². The molecule has 0 aliphatic carbocycles. The Morgan fingerprint density at radius 1 is 1.24 bits per heavy atom. The van der Waals surface area contributed by atoms with Crippen molar-refractivity contribution in [3.8, 4) is 11.5 Å². The normalized spacial score (nSPS) is 11.7. The first-order chi connectivity index (χ1) is 9.93. The highest BCUT2D eigenvalue weighted by atomic mass is 16.5. The highest BCUT2D eigenvalue weighted by Gasteiger charge is 2.12. The van der Waals surface area contributed by atoms with E-state index in [2.05, 4.69) is 5.32 Å². The zero-order valence-corrected chi connectivity index (χ0v) is 12.0. The number of carboxylic acids is 2. The minimum Gasteiger partial charge on any atom is -0.490 e. The number of aliphatic carboxylic acids is 2. The van der Waals surface area contributed by atoms with Crippen LogP contribution in [0.3, 0.4) is 0 Å². The van der Waals surface area contributed by atoms with E-state index in [9.17, 15) is 9.59 Å². The molecule has 1 atom stereocenters. The smallest absolute Gasteiger partial charge is 0.341 e. The summed E-state index contributed by atoms with van der Waals surface area (Å²) in [6, 6.07) is 4.36. The molecule has 0 aromatic heterocycles. The first-order valence-electron chi connectivity index (χ1n) is 6.50. The molecule has 0 aliphatic heterocycles. The van der Waals surface area contributed by atoms with E-state index in [0.717, 1.165) is 5.56 Å². The van der Waals surface area contributed by atoms with E-state index in [1.807, 2.05) is 0 Å². The predicted octanol–water partition coefficient (Wildman–Crippen LogP) is 1.11. The third kappa shape index (κ3) is 5.70. The maximum absolute atomic E-state index is 10.7. The van der Waals surface area contributed by atoms with Crippen LogP contribution in [0, 0.1) is 0 Å². The fraction of sp³-hybridized carbons (Fsp3) is 0.429. The molecular weight excluding hydrogens is 278 g/mol. The Morgan fingerprint density at radius 3 is 2.52 bits per heavy atom. The molecule has 0 fully saturated rings. The second-order valence-corrected chi connectivity index (χ2v) is 4.34. The molecule has 3 N–H and O–H groups in total. The van der Waals surface area contributed by atoms with Crippen LogP contribution in [0.1, 0.15) is 19.4 Å². The average Bonchev–Trinajstić information content (AvgIpc) is 2.43. The zero-order chi connectivity index (χ0) is 15.8. The molecular formula is C14H19NO6. The number of hydrogen-bond acceptors (Lipinski definition) is 5. The molecule has 0 heterocycles. The van der Waals surface area contributed by atoms with E-state index in [1.165, 1.54) is 0 Å². The summed E-state index contributed by atoms with van der Waals surface area (Å²) in [6.45, 7) is 3.67. The lowest BCUT2D eigenvalue weighted by Crippen LogP contribution is -2.33. The Labute approximate surface area is 122 Å². The quantitative estimate of drug-likeness (QED) is 0.627. The molecule has 0 radical (unpaired) electrons. The number of carbonyl (C=O) groups is 2. The van der Waals surface area contributed by atoms with Crippen LogP contribution in [0.15, 0.2) is 18.2 Å². The van der Waals surface area contributed by atoms with Crippen LogP contribution in [0.5, 0.6) is 11.5 Å². The van der Waals surface area contributed by atoms with Crippen LogP contribution in [0.25, 0.3) is 0 Å². The van der Waals surface area contributed by atoms with Gasteiger partial charge in [-0.2, -0.15) is 0 Å². The van der Waals surface area contributed by atoms with Gasteiger partial charge in [-0.15, -0.1) is 0 Å². The van der Waals surface area contributed by atoms with E-state index < -0.39 is 24.6 Å². The minimum absolute atomic E-state index is 0.342. The highest BCUT2D eigenvalue weighted by Crippen LogP contribution is 2.28. The van der Waals surface area contributed by atoms with Crippen molar-refractivity contribution in [1.29, 1.82) is 0 Å². The Kier molecular flexibility index (Phi) is 6.48. The molecule has 0 unspecified atom stereocenters. The molecule has 116 valence electrons. The fourth-order valence-corrected chi connectivity index (χ4v) is 1.55. The second-order valence-electron chi connectivity index (χ2n) is 4.34. The molecule has 0 amide bonds. The number of rotatable bonds is 9. The standard InChI is InChI=1S/C14H19NO6/c1-3-20-12-6-10(7-15-9(2)14(18)19)4-5-11(12)21-8-13(16)17/h4-6,9,15H,3,7-8H2,1-2H3,(H,16,17)(H,18,19)/t9-/m1/s1. The van der Waals surface area contributed by atoms with Gasteiger partial charge in [0.05, 0.1) is 6.61 Å². The largest absolute Gasteiger partial charge is 0.490 e. The number of benzene rings is 1. The third-order valence-electron chi connectivity index (χ3n) is 2.64. The molecule has 7 heteroatoms. The monoisotopic (exact) mass is 297 g/mol. The summed E-state index contributed by atoms with van der Waals surface area (Å²) < 4.78 is 10.5. The fourth-order valence-electron chi connectivity index (χ4n) is 1.55. The van der Waals surface area contributed by atoms with Gasteiger partial charge in [-0.25, -0.2) is 4.79 Å². The van der Waals surface area contributed by atoms with Crippen molar-refractivity contribution in [2.24, 2.45) is 0 Å². The average molecular weight is 297 g/mol. The first kappa shape index (κ1) is 16.8. The molecule has 7 nitrogen and oxygen atoms in total. The Morgan fingerprint density at radius 2 is 1.95 bits per heavy atom. The van der Waals surface area contributed by atoms with E-state index >= 15 is 0 Å². The molecule has 1 aromatic carbocycles. The lowest BCUT2D eigenvalue weighted by Gasteiger charge is -2.14. The summed E-state index contributed by atoms with van der Waals surface area (Å²) in [6.07, 6.45) is 0. The van der Waals surface area contributed by atoms with E-state index in [4.69, 9.17) is 19.7 Å². The van der Waals surface area contributed by atoms with Crippen molar-refractivity contribution in [1.82, 2.24) is 5.32 Å². The summed E-state index contributed by atoms with van der Waals surface area (Å²) in [7, 11) is 0. The molecule has 0 saturated carbocycles. The Hall–Kier alpha value is -2.28. The van der Waals surface area contributed by atoms with Crippen molar-refractivity contribution in [3.63, 3.8) is 0 Å². The Balaban J connectivity index is 2.77. The third-order valence-corrected chi connectivity index (χ3v) is 2.64. The summed E-state index contributed by atoms with van der Waals surface area (Å²) >= 11 is 0. The van der Waals surface area contributed by atoms with Crippen molar-refractivity contribution < 1.29 is 29.3 Å². The Bertz CT molecular complexity index is 502. The number of hydrogen-bond donors (Lipinski definition) is 3. The summed E-state index contributed by atoms with van der Waals surface area (Å²) in [5.74, 6) is -1.23. The van der Waals surface area contributed by atoms with E-state index in [0.29, 0.717) is 24.7 Å². The van der Waals surface area contributed by atoms with Crippen molar-refractivity contribution in [2.75, 3.05) is 13.2 Å². The summed E-state index contributed by atoms with van der Waals surface area (Å²) in [4.78, 5) is 21.2. The van der Waals surface area contributed by atoms with Gasteiger partial charge in [0.2, 0.25) is 0 Å². The molecule has 1 rings (SSSR count). The highest BCUT2D eigenvalue weighted by molar-refractivity contribution is 5.72. The van der Waals surface area contributed by atoms with Gasteiger partial charge in [-0.1, -0.05) is 6.07 Å². The van der Waals surface area contributed by atoms with Crippen molar-refractivity contribution >= 4 is 11.9 Å². The van der Waals surface area contributed by atoms with Gasteiger partial charge in [0.1, 0.15) is 6.04 Å². The lowest BCUT2D eigenvalue weighted by atomic mass is 10.2. The van der Waals surface area contributed by atoms with Gasteiger partial charge >= 0.3 is 11.9 Å². The van der Waals surface area contributed by atoms with Crippen molar-refractivity contribution in [2.45, 2.75) is 26.4 Å². The zero-order valence-electron chi connectivity index (χ0n) is 12.0. The van der Waals surface area contributed by atoms with Gasteiger partial charge in [-0.3, -0.25) is 4.79 Å². The molecule has 0 saturated heterocycles. The van der Waals surface area contributed by atoms with Crippen LogP contribution < -0.4 is 14.8 Å². The predicted molar refractivity (Wildman–Crippen MR) is 74.7 cm³/mol. The summed E-state index contributed by atoms with van der Waals surface area (Å²) in [5.41, 5.74) is 0.814. The second kappa shape index (κ2) is 8.11. The first-order valence-corrected chi connectivity index (χ1v) is 6.50. The number of nitrogens with one attached hydrogen (secondary N) is 1. The molecule has 0 spiro atoms. The lowest BCUT2D eigenvalue weighted by molar-refractivity contribution is -0.140. The molecule has 21 heavy (non-hydrogen) atoms. The molecule has 1 aromatic rings. The van der Waals surface area contributed by atoms with E-state index in [-0.39, 0.29) is 0 Å². The number of ether oxygens (including phenoxy) is 2. The van der Waals surface area contributed by atoms with Crippen LogP contribution >= 0.6 is 0 Å². The minimum atomic E-state index is -1.07. The van der Waals surface area contributed by atoms with Gasteiger partial charge < -0.3 is 25.0 Å². The number of carboxylic acid groups (broad SMARTS) is 2. The van der Waals surface area contributed by atoms with Crippen molar-refractivity contribution in [3.05, 3.63) is 23.8 Å². The van der Waals surface area contributed by atoms with Gasteiger partial charge in [0.15, 0.2) is 18.1 Å². The van der Waals surface area contributed by atoms with E-state index in [1.54, 1.807) is 32.0 Å². The van der Waals surface area contributed by atoms with Crippen LogP contribution in [-0.4, -0.2) is 41.4 Å². The molecule has 0 bridgehead atoms. The van der Waals surface area contributed by atoms with Crippen LogP contribution in [0.4, 0.5) is 0 Å².